The molecule has 7 nitrogen and oxygen atoms in total. The zero-order valence-electron chi connectivity index (χ0n) is 10.9. The van der Waals surface area contributed by atoms with E-state index in [-0.39, 0.29) is 5.69 Å². The van der Waals surface area contributed by atoms with Gasteiger partial charge in [0.1, 0.15) is 17.1 Å². The van der Waals surface area contributed by atoms with Crippen molar-refractivity contribution in [3.05, 3.63) is 33.6 Å². The van der Waals surface area contributed by atoms with E-state index in [9.17, 15) is 19.3 Å². The van der Waals surface area contributed by atoms with Crippen LogP contribution in [0.3, 0.4) is 0 Å². The van der Waals surface area contributed by atoms with E-state index in [2.05, 4.69) is 5.32 Å². The Kier molecular flexibility index (Phi) is 5.85. The molecule has 1 aromatic rings. The van der Waals surface area contributed by atoms with E-state index < -0.39 is 28.0 Å². The summed E-state index contributed by atoms with van der Waals surface area (Å²) in [5, 5.41) is 22.3. The summed E-state index contributed by atoms with van der Waals surface area (Å²) < 4.78 is 18.4. The highest BCUT2D eigenvalue weighted by molar-refractivity contribution is 5.90. The van der Waals surface area contributed by atoms with Crippen molar-refractivity contribution >= 4 is 17.3 Å². The van der Waals surface area contributed by atoms with Crippen molar-refractivity contribution in [3.63, 3.8) is 0 Å². The lowest BCUT2D eigenvalue weighted by molar-refractivity contribution is -0.384. The molecule has 0 radical (unpaired) electrons. The molecule has 0 aliphatic carbocycles. The average molecular weight is 286 g/mol. The number of nitro groups is 1. The van der Waals surface area contributed by atoms with E-state index in [0.717, 1.165) is 18.6 Å². The fourth-order valence-electron chi connectivity index (χ4n) is 1.61. The number of nitrogens with zero attached hydrogens (tertiary/aromatic N) is 1. The van der Waals surface area contributed by atoms with Gasteiger partial charge in [0.05, 0.1) is 4.92 Å². The van der Waals surface area contributed by atoms with Crippen molar-refractivity contribution in [3.8, 4) is 0 Å². The van der Waals surface area contributed by atoms with Gasteiger partial charge in [-0.15, -0.1) is 0 Å². The first kappa shape index (κ1) is 15.8. The van der Waals surface area contributed by atoms with Gasteiger partial charge in [0.25, 0.3) is 5.69 Å². The minimum Gasteiger partial charge on any atom is -0.478 e. The number of carbonyl (C=O) groups is 1. The van der Waals surface area contributed by atoms with Gasteiger partial charge in [-0.05, 0) is 12.8 Å². The van der Waals surface area contributed by atoms with Gasteiger partial charge in [0, 0.05) is 32.4 Å². The average Bonchev–Trinajstić information content (AvgIpc) is 2.37. The summed E-state index contributed by atoms with van der Waals surface area (Å²) in [6.07, 6.45) is 1.44. The first-order valence-corrected chi connectivity index (χ1v) is 5.91. The van der Waals surface area contributed by atoms with E-state index in [0.29, 0.717) is 19.6 Å². The number of ether oxygens (including phenoxy) is 1. The molecule has 0 bridgehead atoms. The molecule has 0 saturated carbocycles. The molecule has 0 aliphatic rings. The van der Waals surface area contributed by atoms with E-state index in [1.807, 2.05) is 0 Å². The van der Waals surface area contributed by atoms with Crippen LogP contribution in [-0.2, 0) is 4.74 Å². The number of nitrogens with one attached hydrogen (secondary N) is 1. The lowest BCUT2D eigenvalue weighted by Gasteiger charge is -2.08. The van der Waals surface area contributed by atoms with E-state index in [1.54, 1.807) is 7.11 Å². The first-order valence-electron chi connectivity index (χ1n) is 5.91. The van der Waals surface area contributed by atoms with Gasteiger partial charge in [0.15, 0.2) is 0 Å². The molecule has 0 aromatic heterocycles. The number of hydrogen-bond acceptors (Lipinski definition) is 5. The number of aromatic carboxylic acids is 1. The molecule has 0 amide bonds. The Morgan fingerprint density at radius 3 is 2.75 bits per heavy atom. The van der Waals surface area contributed by atoms with Gasteiger partial charge in [-0.3, -0.25) is 10.1 Å². The van der Waals surface area contributed by atoms with Crippen LogP contribution in [-0.4, -0.2) is 36.3 Å². The maximum absolute atomic E-state index is 13.5. The van der Waals surface area contributed by atoms with Crippen molar-refractivity contribution < 1.29 is 24.0 Å². The van der Waals surface area contributed by atoms with Gasteiger partial charge in [-0.1, -0.05) is 0 Å². The highest BCUT2D eigenvalue weighted by Gasteiger charge is 2.21. The number of carboxylic acids is 1. The van der Waals surface area contributed by atoms with Gasteiger partial charge in [-0.2, -0.15) is 0 Å². The maximum Gasteiger partial charge on any atom is 0.338 e. The molecular weight excluding hydrogens is 271 g/mol. The Hall–Kier alpha value is -2.22. The van der Waals surface area contributed by atoms with Crippen LogP contribution in [0.15, 0.2) is 12.1 Å². The quantitative estimate of drug-likeness (QED) is 0.432. The molecule has 1 rings (SSSR count). The monoisotopic (exact) mass is 286 g/mol. The molecular formula is C12H15FN2O5. The summed E-state index contributed by atoms with van der Waals surface area (Å²) >= 11 is 0. The third kappa shape index (κ3) is 4.16. The van der Waals surface area contributed by atoms with Crippen LogP contribution in [0.25, 0.3) is 0 Å². The predicted octanol–water partition coefficient (Wildman–Crippen LogP) is 2.27. The highest BCUT2D eigenvalue weighted by Crippen LogP contribution is 2.27. The third-order valence-corrected chi connectivity index (χ3v) is 2.60. The van der Waals surface area contributed by atoms with Crippen LogP contribution >= 0.6 is 0 Å². The van der Waals surface area contributed by atoms with Crippen molar-refractivity contribution in [1.82, 2.24) is 0 Å². The molecule has 0 fully saturated rings. The van der Waals surface area contributed by atoms with E-state index in [1.165, 1.54) is 0 Å². The van der Waals surface area contributed by atoms with Crippen molar-refractivity contribution in [2.75, 3.05) is 25.6 Å². The second-order valence-corrected chi connectivity index (χ2v) is 4.04. The van der Waals surface area contributed by atoms with Crippen LogP contribution in [0.4, 0.5) is 15.8 Å². The van der Waals surface area contributed by atoms with Crippen LogP contribution in [0.1, 0.15) is 23.2 Å². The fraction of sp³-hybridized carbons (Fsp3) is 0.417. The van der Waals surface area contributed by atoms with E-state index >= 15 is 0 Å². The Bertz CT molecular complexity index is 507. The van der Waals surface area contributed by atoms with Gasteiger partial charge in [0.2, 0.25) is 0 Å². The molecule has 0 atom stereocenters. The normalized spacial score (nSPS) is 10.3. The highest BCUT2D eigenvalue weighted by atomic mass is 19.1. The minimum atomic E-state index is -1.54. The second-order valence-electron chi connectivity index (χ2n) is 4.04. The molecule has 8 heteroatoms. The molecule has 110 valence electrons. The molecule has 0 heterocycles. The molecule has 2 N–H and O–H groups in total. The summed E-state index contributed by atoms with van der Waals surface area (Å²) in [6, 6.07) is 1.55. The number of halogens is 1. The number of hydrogen-bond donors (Lipinski definition) is 2. The zero-order chi connectivity index (χ0) is 15.1. The van der Waals surface area contributed by atoms with Crippen LogP contribution in [0, 0.1) is 15.9 Å². The lowest BCUT2D eigenvalue weighted by Crippen LogP contribution is -2.08. The summed E-state index contributed by atoms with van der Waals surface area (Å²) in [7, 11) is 1.57. The fourth-order valence-corrected chi connectivity index (χ4v) is 1.61. The zero-order valence-corrected chi connectivity index (χ0v) is 10.9. The summed E-state index contributed by atoms with van der Waals surface area (Å²) in [5.41, 5.74) is -1.22. The van der Waals surface area contributed by atoms with Crippen LogP contribution in [0.2, 0.25) is 0 Å². The SMILES string of the molecule is COCCCCNc1cc(F)c(C(=O)O)cc1[N+](=O)[O-]. The topological polar surface area (TPSA) is 102 Å². The number of nitro benzene ring substituents is 1. The van der Waals surface area contributed by atoms with Gasteiger partial charge >= 0.3 is 5.97 Å². The summed E-state index contributed by atoms with van der Waals surface area (Å²) in [5.74, 6) is -2.56. The Labute approximate surface area is 114 Å². The Morgan fingerprint density at radius 1 is 1.50 bits per heavy atom. The minimum absolute atomic E-state index is 0.0325. The smallest absolute Gasteiger partial charge is 0.338 e. The van der Waals surface area contributed by atoms with Crippen molar-refractivity contribution in [1.29, 1.82) is 0 Å². The van der Waals surface area contributed by atoms with E-state index in [4.69, 9.17) is 9.84 Å². The molecule has 0 spiro atoms. The Morgan fingerprint density at radius 2 is 2.20 bits per heavy atom. The number of unbranched alkanes of at least 4 members (excludes halogenated alkanes) is 1. The van der Waals surface area contributed by atoms with Crippen LogP contribution < -0.4 is 5.32 Å². The number of anilines is 1. The molecule has 1 aromatic carbocycles. The Balaban J connectivity index is 2.86. The number of methoxy groups -OCH3 is 1. The standard InChI is InChI=1S/C12H15FN2O5/c1-20-5-3-2-4-14-10-7-9(13)8(12(16)17)6-11(10)15(18)19/h6-7,14H,2-5H2,1H3,(H,16,17). The predicted molar refractivity (Wildman–Crippen MR) is 69.6 cm³/mol. The maximum atomic E-state index is 13.5. The lowest BCUT2D eigenvalue weighted by atomic mass is 10.1. The molecule has 0 unspecified atom stereocenters. The van der Waals surface area contributed by atoms with Crippen molar-refractivity contribution in [2.24, 2.45) is 0 Å². The first-order chi connectivity index (χ1) is 9.47. The molecule has 0 aliphatic heterocycles. The summed E-state index contributed by atoms with van der Waals surface area (Å²) in [4.78, 5) is 20.9. The van der Waals surface area contributed by atoms with Crippen molar-refractivity contribution in [2.45, 2.75) is 12.8 Å². The number of benzene rings is 1. The molecule has 20 heavy (non-hydrogen) atoms. The number of rotatable bonds is 8. The summed E-state index contributed by atoms with van der Waals surface area (Å²) in [6.45, 7) is 0.964. The second kappa shape index (κ2) is 7.39. The van der Waals surface area contributed by atoms with Gasteiger partial charge < -0.3 is 15.2 Å². The van der Waals surface area contributed by atoms with Gasteiger partial charge in [-0.25, -0.2) is 9.18 Å². The third-order valence-electron chi connectivity index (χ3n) is 2.60. The largest absolute Gasteiger partial charge is 0.478 e. The van der Waals surface area contributed by atoms with Crippen LogP contribution in [0.5, 0.6) is 0 Å². The molecule has 0 saturated heterocycles. The number of carboxylic acid groups (broad SMARTS) is 1.